The minimum atomic E-state index is -3.43. The Balaban J connectivity index is 1.26. The molecule has 1 unspecified atom stereocenters. The number of halogens is 1. The van der Waals surface area contributed by atoms with Gasteiger partial charge in [-0.2, -0.15) is 0 Å². The minimum absolute atomic E-state index is 0.0896. The molecule has 1 saturated heterocycles. The van der Waals surface area contributed by atoms with Gasteiger partial charge in [0.15, 0.2) is 9.84 Å². The molecule has 3 aromatic rings. The number of hydrogen-bond acceptors (Lipinski definition) is 6. The molecule has 1 fully saturated rings. The summed E-state index contributed by atoms with van der Waals surface area (Å²) in [5, 5.41) is 3.07. The van der Waals surface area contributed by atoms with Gasteiger partial charge in [-0.3, -0.25) is 4.79 Å². The van der Waals surface area contributed by atoms with Crippen LogP contribution in [0.3, 0.4) is 0 Å². The highest BCUT2D eigenvalue weighted by Gasteiger charge is 2.35. The Hall–Kier alpha value is -2.42. The fourth-order valence-electron chi connectivity index (χ4n) is 4.47. The molecule has 0 radical (unpaired) electrons. The zero-order valence-electron chi connectivity index (χ0n) is 17.3. The number of sulfone groups is 1. The van der Waals surface area contributed by atoms with Crippen molar-refractivity contribution in [1.82, 2.24) is 4.98 Å². The van der Waals surface area contributed by atoms with Crippen LogP contribution in [0.25, 0.3) is 0 Å². The maximum atomic E-state index is 13.2. The molecule has 5 rings (SSSR count). The van der Waals surface area contributed by atoms with Crippen LogP contribution in [-0.4, -0.2) is 38.9 Å². The molecular formula is C23H22ClN3O3S2. The molecule has 2 aliphatic rings. The third-order valence-corrected chi connectivity index (χ3v) is 9.09. The molecule has 0 saturated carbocycles. The number of hydrogen-bond donors (Lipinski definition) is 0. The topological polar surface area (TPSA) is 70.6 Å². The Morgan fingerprint density at radius 3 is 2.72 bits per heavy atom. The molecule has 2 aromatic carbocycles. The first kappa shape index (κ1) is 21.4. The lowest BCUT2D eigenvalue weighted by molar-refractivity contribution is -0.121. The van der Waals surface area contributed by atoms with Crippen LogP contribution >= 0.6 is 22.9 Å². The Bertz CT molecular complexity index is 1240. The van der Waals surface area contributed by atoms with E-state index in [1.807, 2.05) is 35.2 Å². The summed E-state index contributed by atoms with van der Waals surface area (Å²) in [6, 6.07) is 12.7. The highest BCUT2D eigenvalue weighted by molar-refractivity contribution is 7.90. The van der Waals surface area contributed by atoms with Crippen LogP contribution in [0.4, 0.5) is 11.4 Å². The quantitative estimate of drug-likeness (QED) is 0.539. The average Bonchev–Trinajstić information content (AvgIpc) is 3.54. The lowest BCUT2D eigenvalue weighted by Crippen LogP contribution is -2.36. The molecular weight excluding hydrogens is 466 g/mol. The molecule has 1 atom stereocenters. The van der Waals surface area contributed by atoms with Gasteiger partial charge >= 0.3 is 0 Å². The van der Waals surface area contributed by atoms with Gasteiger partial charge < -0.3 is 9.80 Å². The van der Waals surface area contributed by atoms with Gasteiger partial charge in [0.2, 0.25) is 5.91 Å². The Morgan fingerprint density at radius 1 is 1.16 bits per heavy atom. The molecule has 3 heterocycles. The third-order valence-electron chi connectivity index (χ3n) is 6.13. The van der Waals surface area contributed by atoms with E-state index >= 15 is 0 Å². The summed E-state index contributed by atoms with van der Waals surface area (Å²) >= 11 is 7.63. The number of carbonyl (C=O) groups is 1. The van der Waals surface area contributed by atoms with E-state index in [2.05, 4.69) is 9.88 Å². The zero-order chi connectivity index (χ0) is 22.3. The lowest BCUT2D eigenvalue weighted by atomic mass is 10.1. The van der Waals surface area contributed by atoms with E-state index < -0.39 is 9.84 Å². The summed E-state index contributed by atoms with van der Waals surface area (Å²) < 4.78 is 25.3. The molecule has 32 heavy (non-hydrogen) atoms. The van der Waals surface area contributed by atoms with E-state index in [0.29, 0.717) is 18.1 Å². The number of fused-ring (bicyclic) bond motifs is 1. The van der Waals surface area contributed by atoms with Crippen LogP contribution in [-0.2, 0) is 26.8 Å². The largest absolute Gasteiger partial charge is 0.371 e. The van der Waals surface area contributed by atoms with Gasteiger partial charge in [-0.15, -0.1) is 11.3 Å². The van der Waals surface area contributed by atoms with Gasteiger partial charge in [0.25, 0.3) is 0 Å². The zero-order valence-corrected chi connectivity index (χ0v) is 19.7. The maximum Gasteiger partial charge on any atom is 0.231 e. The molecule has 1 amide bonds. The first-order chi connectivity index (χ1) is 15.4. The van der Waals surface area contributed by atoms with Crippen molar-refractivity contribution in [2.75, 3.05) is 29.4 Å². The smallest absolute Gasteiger partial charge is 0.231 e. The Kier molecular flexibility index (Phi) is 5.69. The molecule has 2 aliphatic heterocycles. The van der Waals surface area contributed by atoms with Crippen molar-refractivity contribution in [3.8, 4) is 0 Å². The summed E-state index contributed by atoms with van der Waals surface area (Å²) in [5.41, 5.74) is 2.90. The number of anilines is 2. The van der Waals surface area contributed by atoms with Crippen molar-refractivity contribution >= 4 is 50.1 Å². The highest BCUT2D eigenvalue weighted by atomic mass is 35.5. The third kappa shape index (κ3) is 4.02. The van der Waals surface area contributed by atoms with Crippen molar-refractivity contribution in [3.05, 3.63) is 69.6 Å². The molecule has 0 aliphatic carbocycles. The van der Waals surface area contributed by atoms with E-state index in [9.17, 15) is 13.2 Å². The molecule has 6 nitrogen and oxygen atoms in total. The van der Waals surface area contributed by atoms with Gasteiger partial charge in [-0.1, -0.05) is 17.7 Å². The fraction of sp³-hybridized carbons (Fsp3) is 0.304. The van der Waals surface area contributed by atoms with Gasteiger partial charge in [-0.05, 0) is 54.8 Å². The van der Waals surface area contributed by atoms with E-state index in [0.717, 1.165) is 41.3 Å². The number of aromatic nitrogens is 1. The van der Waals surface area contributed by atoms with Crippen molar-refractivity contribution in [3.63, 3.8) is 0 Å². The van der Waals surface area contributed by atoms with Crippen molar-refractivity contribution in [2.24, 2.45) is 5.92 Å². The van der Waals surface area contributed by atoms with E-state index in [1.165, 1.54) is 11.3 Å². The molecule has 0 spiro atoms. The lowest BCUT2D eigenvalue weighted by Gasteiger charge is -2.23. The number of carbonyl (C=O) groups excluding carboxylic acids is 1. The van der Waals surface area contributed by atoms with E-state index in [4.69, 9.17) is 11.6 Å². The van der Waals surface area contributed by atoms with E-state index in [-0.39, 0.29) is 22.5 Å². The number of amides is 1. The van der Waals surface area contributed by atoms with Crippen LogP contribution in [0.15, 0.2) is 58.9 Å². The van der Waals surface area contributed by atoms with Crippen LogP contribution in [0.2, 0.25) is 5.02 Å². The predicted octanol–water partition coefficient (Wildman–Crippen LogP) is 4.19. The second kappa shape index (κ2) is 8.50. The van der Waals surface area contributed by atoms with Crippen molar-refractivity contribution in [2.45, 2.75) is 23.5 Å². The minimum Gasteiger partial charge on any atom is -0.371 e. The average molecular weight is 488 g/mol. The molecule has 166 valence electrons. The first-order valence-electron chi connectivity index (χ1n) is 10.5. The normalized spacial score (nSPS) is 18.2. The summed E-state index contributed by atoms with van der Waals surface area (Å²) in [4.78, 5) is 21.6. The van der Waals surface area contributed by atoms with E-state index in [1.54, 1.807) is 23.7 Å². The second-order valence-electron chi connectivity index (χ2n) is 8.09. The molecule has 0 bridgehead atoms. The number of rotatable bonds is 5. The van der Waals surface area contributed by atoms with Crippen LogP contribution in [0.5, 0.6) is 0 Å². The standard InChI is InChI=1S/C23H22ClN3O3S2/c24-20-2-1-3-21-19(20)9-12-27(21)23(28)16-8-11-26(14-16)17-4-6-18(7-5-17)32(29,30)15-22-25-10-13-31-22/h1-7,10,13,16H,8-9,11-12,14-15H2. The van der Waals surface area contributed by atoms with Crippen molar-refractivity contribution < 1.29 is 13.2 Å². The Morgan fingerprint density at radius 2 is 1.97 bits per heavy atom. The second-order valence-corrected chi connectivity index (χ2v) is 11.5. The summed E-state index contributed by atoms with van der Waals surface area (Å²) in [6.45, 7) is 2.05. The maximum absolute atomic E-state index is 13.2. The SMILES string of the molecule is O=C(C1CCN(c2ccc(S(=O)(=O)Cc3nccs3)cc2)C1)N1CCc2c(Cl)cccc21. The number of nitrogens with zero attached hydrogens (tertiary/aromatic N) is 3. The summed E-state index contributed by atoms with van der Waals surface area (Å²) in [7, 11) is -3.43. The Labute approximate surface area is 196 Å². The van der Waals surface area contributed by atoms with Gasteiger partial charge in [-0.25, -0.2) is 13.4 Å². The summed E-state index contributed by atoms with van der Waals surface area (Å²) in [5.74, 6) is -0.0459. The summed E-state index contributed by atoms with van der Waals surface area (Å²) in [6.07, 6.45) is 3.17. The van der Waals surface area contributed by atoms with Crippen LogP contribution < -0.4 is 9.80 Å². The monoisotopic (exact) mass is 487 g/mol. The first-order valence-corrected chi connectivity index (χ1v) is 13.4. The number of thiazole rings is 1. The highest BCUT2D eigenvalue weighted by Crippen LogP contribution is 2.35. The van der Waals surface area contributed by atoms with Gasteiger partial charge in [0.1, 0.15) is 10.8 Å². The molecule has 9 heteroatoms. The van der Waals surface area contributed by atoms with Gasteiger partial charge in [0.05, 0.1) is 10.8 Å². The molecule has 1 aromatic heterocycles. The van der Waals surface area contributed by atoms with Gasteiger partial charge in [0, 0.05) is 47.6 Å². The van der Waals surface area contributed by atoms with Crippen molar-refractivity contribution in [1.29, 1.82) is 0 Å². The fourth-order valence-corrected chi connectivity index (χ4v) is 6.99. The molecule has 0 N–H and O–H groups in total. The predicted molar refractivity (Wildman–Crippen MR) is 127 cm³/mol. The van der Waals surface area contributed by atoms with Crippen LogP contribution in [0.1, 0.15) is 17.0 Å². The van der Waals surface area contributed by atoms with Crippen LogP contribution in [0, 0.1) is 5.92 Å². The number of benzene rings is 2.